The van der Waals surface area contributed by atoms with Crippen LogP contribution < -0.4 is 11.1 Å². The Bertz CT molecular complexity index is 1320. The lowest BCUT2D eigenvalue weighted by molar-refractivity contribution is -0.119. The summed E-state index contributed by atoms with van der Waals surface area (Å²) >= 11 is 6.24. The second-order valence-electron chi connectivity index (χ2n) is 7.66. The molecule has 10 heteroatoms. The highest BCUT2D eigenvalue weighted by molar-refractivity contribution is 6.31. The van der Waals surface area contributed by atoms with Crippen LogP contribution in [0.3, 0.4) is 0 Å². The van der Waals surface area contributed by atoms with Gasteiger partial charge in [0.2, 0.25) is 5.91 Å². The fourth-order valence-electron chi connectivity index (χ4n) is 3.69. The second kappa shape index (κ2) is 6.46. The Morgan fingerprint density at radius 1 is 1.20 bits per heavy atom. The van der Waals surface area contributed by atoms with Crippen molar-refractivity contribution in [2.24, 2.45) is 0 Å². The molecule has 0 aliphatic carbocycles. The molecule has 150 valence electrons. The largest absolute Gasteiger partial charge is 0.383 e. The van der Waals surface area contributed by atoms with Gasteiger partial charge in [-0.2, -0.15) is 19.7 Å². The summed E-state index contributed by atoms with van der Waals surface area (Å²) in [5, 5.41) is 8.97. The van der Waals surface area contributed by atoms with Crippen molar-refractivity contribution in [3.05, 3.63) is 58.8 Å². The van der Waals surface area contributed by atoms with Gasteiger partial charge in [-0.25, -0.2) is 9.97 Å². The molecule has 0 saturated carbocycles. The van der Waals surface area contributed by atoms with Crippen LogP contribution in [0.4, 0.5) is 11.6 Å². The molecule has 1 aliphatic heterocycles. The fourth-order valence-corrected chi connectivity index (χ4v) is 3.87. The predicted molar refractivity (Wildman–Crippen MR) is 113 cm³/mol. The number of amides is 1. The van der Waals surface area contributed by atoms with Gasteiger partial charge in [0.25, 0.3) is 5.95 Å². The van der Waals surface area contributed by atoms with Crippen molar-refractivity contribution < 1.29 is 4.79 Å². The maximum absolute atomic E-state index is 12.3. The van der Waals surface area contributed by atoms with Gasteiger partial charge in [0, 0.05) is 29.2 Å². The first-order valence-electron chi connectivity index (χ1n) is 9.25. The zero-order chi connectivity index (χ0) is 21.0. The third-order valence-corrected chi connectivity index (χ3v) is 5.48. The average Bonchev–Trinajstić information content (AvgIpc) is 3.16. The Morgan fingerprint density at radius 2 is 1.97 bits per heavy atom. The van der Waals surface area contributed by atoms with E-state index in [0.717, 1.165) is 22.2 Å². The fraction of sp³-hybridized carbons (Fsp3) is 0.200. The minimum absolute atomic E-state index is 0.169. The number of nitrogens with zero attached hydrogens (tertiary/aromatic N) is 6. The summed E-state index contributed by atoms with van der Waals surface area (Å²) in [5.74, 6) is 0.752. The molecule has 1 aromatic carbocycles. The molecule has 5 rings (SSSR count). The number of nitrogen functional groups attached to an aromatic ring is 1. The first-order valence-corrected chi connectivity index (χ1v) is 9.63. The van der Waals surface area contributed by atoms with Gasteiger partial charge in [-0.3, -0.25) is 4.79 Å². The highest BCUT2D eigenvalue weighted by Crippen LogP contribution is 2.39. The number of rotatable bonds is 3. The molecule has 1 aliphatic rings. The Balaban J connectivity index is 1.68. The third-order valence-electron chi connectivity index (χ3n) is 5.24. The molecular formula is C20H17ClN8O. The first kappa shape index (κ1) is 18.4. The van der Waals surface area contributed by atoms with Crippen LogP contribution in [0.5, 0.6) is 0 Å². The lowest BCUT2D eigenvalue weighted by atomic mass is 9.87. The van der Waals surface area contributed by atoms with E-state index in [2.05, 4.69) is 25.3 Å². The van der Waals surface area contributed by atoms with Crippen LogP contribution in [-0.2, 0) is 16.6 Å². The number of carbonyl (C=O) groups is 1. The van der Waals surface area contributed by atoms with Gasteiger partial charge in [-0.05, 0) is 37.6 Å². The summed E-state index contributed by atoms with van der Waals surface area (Å²) in [7, 11) is 0. The molecule has 0 fully saturated rings. The number of fused-ring (bicyclic) bond motifs is 2. The number of nitrogens with two attached hydrogens (primary N) is 1. The van der Waals surface area contributed by atoms with Crippen LogP contribution in [-0.4, -0.2) is 35.6 Å². The van der Waals surface area contributed by atoms with E-state index >= 15 is 0 Å². The molecule has 4 heterocycles. The zero-order valence-corrected chi connectivity index (χ0v) is 17.0. The van der Waals surface area contributed by atoms with Gasteiger partial charge in [0.15, 0.2) is 0 Å². The molecule has 3 aromatic heterocycles. The maximum Gasteiger partial charge on any atom is 0.255 e. The summed E-state index contributed by atoms with van der Waals surface area (Å²) in [6, 6.07) is 5.48. The molecular weight excluding hydrogens is 404 g/mol. The van der Waals surface area contributed by atoms with Gasteiger partial charge < -0.3 is 11.1 Å². The summed E-state index contributed by atoms with van der Waals surface area (Å²) < 4.78 is 1.61. The Hall–Kier alpha value is -3.59. The Labute approximate surface area is 176 Å². The van der Waals surface area contributed by atoms with E-state index in [1.54, 1.807) is 37.0 Å². The standard InChI is InChI=1S/C20H17ClN8O/c1-20(2)15-16(22)25-19(27-17(15)26-18(20)30)29-14-4-3-11(21)6-12(14)13(28-29)5-10-7-23-9-24-8-10/h3-4,6-9H,5H2,1-2H3,(H3,22,25,26,27,30). The average molecular weight is 421 g/mol. The van der Waals surface area contributed by atoms with Crippen molar-refractivity contribution >= 4 is 40.0 Å². The number of halogens is 1. The van der Waals surface area contributed by atoms with E-state index in [0.29, 0.717) is 22.8 Å². The van der Waals surface area contributed by atoms with Crippen molar-refractivity contribution in [2.45, 2.75) is 25.7 Å². The summed E-state index contributed by atoms with van der Waals surface area (Å²) in [5.41, 5.74) is 8.48. The van der Waals surface area contributed by atoms with Crippen molar-refractivity contribution in [2.75, 3.05) is 11.1 Å². The van der Waals surface area contributed by atoms with Gasteiger partial charge in [-0.1, -0.05) is 11.6 Å². The van der Waals surface area contributed by atoms with Crippen LogP contribution in [0.1, 0.15) is 30.7 Å². The molecule has 0 radical (unpaired) electrons. The third kappa shape index (κ3) is 2.78. The van der Waals surface area contributed by atoms with Gasteiger partial charge in [0.05, 0.1) is 22.2 Å². The van der Waals surface area contributed by atoms with Crippen LogP contribution in [0, 0.1) is 0 Å². The summed E-state index contributed by atoms with van der Waals surface area (Å²) in [6.45, 7) is 3.58. The summed E-state index contributed by atoms with van der Waals surface area (Å²) in [6.07, 6.45) is 5.47. The smallest absolute Gasteiger partial charge is 0.255 e. The molecule has 0 atom stereocenters. The summed E-state index contributed by atoms with van der Waals surface area (Å²) in [4.78, 5) is 29.4. The van der Waals surface area contributed by atoms with Crippen LogP contribution in [0.25, 0.3) is 16.9 Å². The van der Waals surface area contributed by atoms with E-state index in [1.165, 1.54) is 6.33 Å². The van der Waals surface area contributed by atoms with Crippen molar-refractivity contribution in [3.63, 3.8) is 0 Å². The monoisotopic (exact) mass is 420 g/mol. The molecule has 3 N–H and O–H groups in total. The first-order chi connectivity index (χ1) is 14.3. The van der Waals surface area contributed by atoms with Crippen molar-refractivity contribution in [3.8, 4) is 5.95 Å². The number of carbonyl (C=O) groups excluding carboxylic acids is 1. The number of hydrogen-bond acceptors (Lipinski definition) is 7. The van der Waals surface area contributed by atoms with Crippen LogP contribution >= 0.6 is 11.6 Å². The van der Waals surface area contributed by atoms with Crippen molar-refractivity contribution in [1.29, 1.82) is 0 Å². The van der Waals surface area contributed by atoms with E-state index in [4.69, 9.17) is 22.4 Å². The Morgan fingerprint density at radius 3 is 2.73 bits per heavy atom. The lowest BCUT2D eigenvalue weighted by Crippen LogP contribution is -2.27. The highest BCUT2D eigenvalue weighted by Gasteiger charge is 2.42. The van der Waals surface area contributed by atoms with Crippen molar-refractivity contribution in [1.82, 2.24) is 29.7 Å². The van der Waals surface area contributed by atoms with Gasteiger partial charge in [0.1, 0.15) is 18.0 Å². The molecule has 9 nitrogen and oxygen atoms in total. The molecule has 0 unspecified atom stereocenters. The van der Waals surface area contributed by atoms with Crippen LogP contribution in [0.15, 0.2) is 36.9 Å². The normalized spacial score (nSPS) is 14.7. The Kier molecular flexibility index (Phi) is 3.97. The number of nitrogens with one attached hydrogen (secondary N) is 1. The molecule has 4 aromatic rings. The number of anilines is 2. The van der Waals surface area contributed by atoms with E-state index in [9.17, 15) is 4.79 Å². The topological polar surface area (TPSA) is 124 Å². The van der Waals surface area contributed by atoms with E-state index in [-0.39, 0.29) is 17.7 Å². The van der Waals surface area contributed by atoms with Gasteiger partial charge >= 0.3 is 0 Å². The second-order valence-corrected chi connectivity index (χ2v) is 8.09. The van der Waals surface area contributed by atoms with Crippen LogP contribution in [0.2, 0.25) is 5.02 Å². The number of benzene rings is 1. The molecule has 0 bridgehead atoms. The lowest BCUT2D eigenvalue weighted by Gasteiger charge is -2.16. The van der Waals surface area contributed by atoms with Gasteiger partial charge in [-0.15, -0.1) is 0 Å². The molecule has 30 heavy (non-hydrogen) atoms. The maximum atomic E-state index is 12.3. The zero-order valence-electron chi connectivity index (χ0n) is 16.2. The number of hydrogen-bond donors (Lipinski definition) is 2. The van der Waals surface area contributed by atoms with E-state index < -0.39 is 5.41 Å². The molecule has 1 amide bonds. The number of aromatic nitrogens is 6. The quantitative estimate of drug-likeness (QED) is 0.522. The predicted octanol–water partition coefficient (Wildman–Crippen LogP) is 2.66. The minimum Gasteiger partial charge on any atom is -0.383 e. The SMILES string of the molecule is CC1(C)C(=O)Nc2nc(-n3nc(Cc4cncnc4)c4cc(Cl)ccc43)nc(N)c21. The molecule has 0 spiro atoms. The van der Waals surface area contributed by atoms with E-state index in [1.807, 2.05) is 12.1 Å². The molecule has 0 saturated heterocycles. The highest BCUT2D eigenvalue weighted by atomic mass is 35.5. The minimum atomic E-state index is -0.796.